The minimum atomic E-state index is -1.62. The molecule has 0 rings (SSSR count). The van der Waals surface area contributed by atoms with E-state index in [1.807, 2.05) is 0 Å². The van der Waals surface area contributed by atoms with Crippen molar-refractivity contribution in [2.45, 2.75) is 43.8 Å². The van der Waals surface area contributed by atoms with E-state index in [0.29, 0.717) is 16.2 Å². The van der Waals surface area contributed by atoms with Gasteiger partial charge < -0.3 is 10.2 Å². The summed E-state index contributed by atoms with van der Waals surface area (Å²) in [5.41, 5.74) is 0. The van der Waals surface area contributed by atoms with Crippen LogP contribution in [0, 0.1) is 11.8 Å². The quantitative estimate of drug-likeness (QED) is 0.410. The number of hydrogen-bond donors (Lipinski definition) is 1. The molecule has 1 N–H and O–H groups in total. The number of thiocarbonyl (C=S) groups is 1. The summed E-state index contributed by atoms with van der Waals surface area (Å²) >= 11 is 24.4. The Bertz CT molecular complexity index is 350. The average molecular weight is 394 g/mol. The Morgan fingerprint density at radius 1 is 1.19 bits per heavy atom. The highest BCUT2D eigenvalue weighted by molar-refractivity contribution is 8.23. The fourth-order valence-corrected chi connectivity index (χ4v) is 3.50. The third kappa shape index (κ3) is 10.1. The van der Waals surface area contributed by atoms with Gasteiger partial charge in [0.25, 0.3) is 0 Å². The monoisotopic (exact) mass is 392 g/mol. The smallest absolute Gasteiger partial charge is 0.220 e. The van der Waals surface area contributed by atoms with Gasteiger partial charge in [-0.3, -0.25) is 4.79 Å². The lowest BCUT2D eigenvalue weighted by Gasteiger charge is -2.32. The molecule has 0 unspecified atom stereocenters. The molecule has 0 saturated heterocycles. The highest BCUT2D eigenvalue weighted by Gasteiger charge is 2.35. The Morgan fingerprint density at radius 2 is 1.62 bits per heavy atom. The summed E-state index contributed by atoms with van der Waals surface area (Å²) in [7, 11) is 0. The van der Waals surface area contributed by atoms with E-state index in [-0.39, 0.29) is 5.91 Å². The lowest BCUT2D eigenvalue weighted by molar-refractivity contribution is -0.119. The summed E-state index contributed by atoms with van der Waals surface area (Å²) in [4.78, 5) is 13.3. The van der Waals surface area contributed by atoms with Crippen LogP contribution in [0.15, 0.2) is 0 Å². The third-order valence-electron chi connectivity index (χ3n) is 2.28. The van der Waals surface area contributed by atoms with Crippen LogP contribution in [0.25, 0.3) is 0 Å². The molecule has 0 aromatic carbocycles. The predicted molar refractivity (Wildman–Crippen MR) is 99.3 cm³/mol. The van der Waals surface area contributed by atoms with Crippen LogP contribution in [-0.4, -0.2) is 37.4 Å². The molecule has 21 heavy (non-hydrogen) atoms. The number of carbonyl (C=O) groups excluding carboxylic acids is 1. The lowest BCUT2D eigenvalue weighted by atomic mass is 10.1. The lowest BCUT2D eigenvalue weighted by Crippen LogP contribution is -2.43. The number of amides is 1. The minimum absolute atomic E-state index is 0.263. The van der Waals surface area contributed by atoms with E-state index in [1.54, 1.807) is 0 Å². The summed E-state index contributed by atoms with van der Waals surface area (Å²) < 4.78 is -0.996. The molecular weight excluding hydrogens is 371 g/mol. The summed E-state index contributed by atoms with van der Waals surface area (Å²) in [6, 6.07) is 0. The zero-order valence-electron chi connectivity index (χ0n) is 13.0. The van der Waals surface area contributed by atoms with Gasteiger partial charge in [0.1, 0.15) is 9.69 Å². The average Bonchev–Trinajstić information content (AvgIpc) is 2.23. The van der Waals surface area contributed by atoms with Gasteiger partial charge in [0.05, 0.1) is 0 Å². The molecule has 0 saturated carbocycles. The number of rotatable bonds is 6. The highest BCUT2D eigenvalue weighted by Crippen LogP contribution is 2.37. The maximum Gasteiger partial charge on any atom is 0.220 e. The second-order valence-corrected chi connectivity index (χ2v) is 9.81. The van der Waals surface area contributed by atoms with Crippen LogP contribution in [-0.2, 0) is 4.79 Å². The van der Waals surface area contributed by atoms with Crippen molar-refractivity contribution in [1.29, 1.82) is 0 Å². The molecule has 0 spiro atoms. The van der Waals surface area contributed by atoms with E-state index in [0.717, 1.165) is 13.1 Å². The first kappa shape index (κ1) is 21.6. The van der Waals surface area contributed by atoms with Crippen molar-refractivity contribution in [3.8, 4) is 0 Å². The molecule has 3 nitrogen and oxygen atoms in total. The van der Waals surface area contributed by atoms with E-state index >= 15 is 0 Å². The number of nitrogens with zero attached hydrogens (tertiary/aromatic N) is 1. The number of carbonyl (C=O) groups is 1. The maximum atomic E-state index is 11.3. The largest absolute Gasteiger partial charge is 0.357 e. The summed E-state index contributed by atoms with van der Waals surface area (Å²) in [5.74, 6) is 0.671. The van der Waals surface area contributed by atoms with E-state index < -0.39 is 9.17 Å². The van der Waals surface area contributed by atoms with Gasteiger partial charge in [-0.15, -0.1) is 0 Å². The molecule has 0 bridgehead atoms. The summed E-state index contributed by atoms with van der Waals surface area (Å²) in [6.07, 6.45) is 0. The van der Waals surface area contributed by atoms with Crippen molar-refractivity contribution in [2.75, 3.05) is 13.1 Å². The predicted octanol–water partition coefficient (Wildman–Crippen LogP) is 4.45. The van der Waals surface area contributed by atoms with E-state index in [9.17, 15) is 4.79 Å². The molecule has 8 heteroatoms. The molecular formula is C13H23Cl3N2OS2. The minimum Gasteiger partial charge on any atom is -0.357 e. The van der Waals surface area contributed by atoms with Crippen LogP contribution in [0.5, 0.6) is 0 Å². The van der Waals surface area contributed by atoms with Crippen LogP contribution < -0.4 is 5.32 Å². The Hall–Kier alpha value is 0.580. The molecule has 0 aliphatic heterocycles. The normalized spacial score (nSPS) is 13.4. The molecule has 0 aliphatic rings. The van der Waals surface area contributed by atoms with Gasteiger partial charge in [-0.25, -0.2) is 0 Å². The zero-order valence-corrected chi connectivity index (χ0v) is 16.9. The van der Waals surface area contributed by atoms with Gasteiger partial charge in [-0.05, 0) is 11.8 Å². The van der Waals surface area contributed by atoms with Crippen LogP contribution in [0.2, 0.25) is 0 Å². The fraction of sp³-hybridized carbons (Fsp3) is 0.846. The van der Waals surface area contributed by atoms with Gasteiger partial charge >= 0.3 is 0 Å². The number of nitrogens with one attached hydrogen (secondary N) is 1. The molecule has 0 radical (unpaired) electrons. The SMILES string of the molecule is CC(=O)N[C@@H](SC(=S)N(CC(C)C)CC(C)C)C(Cl)(Cl)Cl. The first-order valence-electron chi connectivity index (χ1n) is 6.72. The van der Waals surface area contributed by atoms with Crippen molar-refractivity contribution in [1.82, 2.24) is 10.2 Å². The third-order valence-corrected chi connectivity index (χ3v) is 5.04. The molecule has 0 fully saturated rings. The van der Waals surface area contributed by atoms with Crippen molar-refractivity contribution in [3.63, 3.8) is 0 Å². The number of hydrogen-bond acceptors (Lipinski definition) is 3. The second kappa shape index (κ2) is 9.66. The van der Waals surface area contributed by atoms with Crippen LogP contribution >= 0.6 is 58.8 Å². The molecule has 0 heterocycles. The Balaban J connectivity index is 4.93. The van der Waals surface area contributed by atoms with Gasteiger partial charge in [0, 0.05) is 20.0 Å². The first-order chi connectivity index (χ1) is 9.43. The van der Waals surface area contributed by atoms with E-state index in [4.69, 9.17) is 47.0 Å². The Kier molecular flexibility index (Phi) is 9.93. The zero-order chi connectivity index (χ0) is 16.8. The van der Waals surface area contributed by atoms with Crippen LogP contribution in [0.4, 0.5) is 0 Å². The Labute approximate surface area is 152 Å². The summed E-state index contributed by atoms with van der Waals surface area (Å²) in [6.45, 7) is 11.5. The molecule has 124 valence electrons. The number of alkyl halides is 3. The standard InChI is InChI=1S/C13H23Cl3N2OS2/c1-8(2)6-18(7-9(3)4)12(20)21-11(13(14,15)16)17-10(5)19/h8-9,11H,6-7H2,1-5H3,(H,17,19)/t11-/m0/s1. The molecule has 1 atom stereocenters. The van der Waals surface area contributed by atoms with Gasteiger partial charge in [0.2, 0.25) is 9.70 Å². The topological polar surface area (TPSA) is 32.3 Å². The van der Waals surface area contributed by atoms with Crippen LogP contribution in [0.1, 0.15) is 34.6 Å². The number of halogens is 3. The fourth-order valence-electron chi connectivity index (χ4n) is 1.64. The molecule has 1 amide bonds. The van der Waals surface area contributed by atoms with Gasteiger partial charge in [-0.1, -0.05) is 86.5 Å². The second-order valence-electron chi connectivity index (χ2n) is 5.70. The Morgan fingerprint density at radius 3 is 1.90 bits per heavy atom. The van der Waals surface area contributed by atoms with E-state index in [1.165, 1.54) is 18.7 Å². The highest BCUT2D eigenvalue weighted by atomic mass is 35.6. The van der Waals surface area contributed by atoms with Crippen molar-refractivity contribution in [3.05, 3.63) is 0 Å². The van der Waals surface area contributed by atoms with Crippen LogP contribution in [0.3, 0.4) is 0 Å². The molecule has 0 aliphatic carbocycles. The van der Waals surface area contributed by atoms with Crippen molar-refractivity contribution < 1.29 is 4.79 Å². The van der Waals surface area contributed by atoms with Crippen molar-refractivity contribution in [2.24, 2.45) is 11.8 Å². The summed E-state index contributed by atoms with van der Waals surface area (Å²) in [5, 5.41) is 1.91. The number of thioether (sulfide) groups is 1. The van der Waals surface area contributed by atoms with Gasteiger partial charge in [-0.2, -0.15) is 0 Å². The molecule has 0 aromatic heterocycles. The maximum absolute atomic E-state index is 11.3. The first-order valence-corrected chi connectivity index (χ1v) is 9.15. The van der Waals surface area contributed by atoms with Gasteiger partial charge in [0.15, 0.2) is 0 Å². The van der Waals surface area contributed by atoms with E-state index in [2.05, 4.69) is 37.9 Å². The molecule has 0 aromatic rings. The van der Waals surface area contributed by atoms with Crippen molar-refractivity contribution >= 4 is 69.0 Å².